The number of aliphatic carboxylic acids is 1. The highest BCUT2D eigenvalue weighted by Crippen LogP contribution is 1.95. The van der Waals surface area contributed by atoms with Crippen molar-refractivity contribution in [1.29, 1.82) is 0 Å². The highest BCUT2D eigenvalue weighted by Gasteiger charge is 2.03. The predicted octanol–water partition coefficient (Wildman–Crippen LogP) is 1.49. The SMILES string of the molecule is CCCCC(=O)NCCCOCCOCCOCCCNC(=O)CCCC(=O)O. The first-order valence-corrected chi connectivity index (χ1v) is 10.5. The van der Waals surface area contributed by atoms with Crippen LogP contribution in [0.25, 0.3) is 0 Å². The zero-order valence-corrected chi connectivity index (χ0v) is 17.7. The number of nitrogens with one attached hydrogen (secondary N) is 2. The summed E-state index contributed by atoms with van der Waals surface area (Å²) in [6, 6.07) is 0. The molecule has 29 heavy (non-hydrogen) atoms. The van der Waals surface area contributed by atoms with Gasteiger partial charge in [0.1, 0.15) is 0 Å². The summed E-state index contributed by atoms with van der Waals surface area (Å²) in [5.74, 6) is -0.912. The maximum absolute atomic E-state index is 11.4. The van der Waals surface area contributed by atoms with Crippen LogP contribution in [-0.2, 0) is 28.6 Å². The maximum atomic E-state index is 11.4. The third kappa shape index (κ3) is 22.4. The standard InChI is InChI=1S/C20H38N2O7/c1-2-3-7-18(23)21-10-5-12-27-14-16-29-17-15-28-13-6-11-22-19(24)8-4-9-20(25)26/h2-17H2,1H3,(H,21,23)(H,22,24)(H,25,26). The quantitative estimate of drug-likeness (QED) is 0.241. The van der Waals surface area contributed by atoms with Crippen LogP contribution < -0.4 is 10.6 Å². The molecule has 9 nitrogen and oxygen atoms in total. The van der Waals surface area contributed by atoms with Gasteiger partial charge in [0.05, 0.1) is 26.4 Å². The Balaban J connectivity index is 3.17. The van der Waals surface area contributed by atoms with E-state index in [-0.39, 0.29) is 24.7 Å². The van der Waals surface area contributed by atoms with Crippen LogP contribution in [0.5, 0.6) is 0 Å². The smallest absolute Gasteiger partial charge is 0.303 e. The molecule has 0 radical (unpaired) electrons. The van der Waals surface area contributed by atoms with E-state index < -0.39 is 5.97 Å². The second-order valence-corrected chi connectivity index (χ2v) is 6.59. The zero-order valence-electron chi connectivity index (χ0n) is 17.7. The Kier molecular flexibility index (Phi) is 19.8. The third-order valence-corrected chi connectivity index (χ3v) is 3.87. The van der Waals surface area contributed by atoms with Gasteiger partial charge in [-0.05, 0) is 25.7 Å². The summed E-state index contributed by atoms with van der Waals surface area (Å²) < 4.78 is 16.2. The normalized spacial score (nSPS) is 10.7. The lowest BCUT2D eigenvalue weighted by atomic mass is 10.2. The van der Waals surface area contributed by atoms with Crippen molar-refractivity contribution >= 4 is 17.8 Å². The average Bonchev–Trinajstić information content (AvgIpc) is 2.69. The first kappa shape index (κ1) is 27.3. The summed E-state index contributed by atoms with van der Waals surface area (Å²) in [4.78, 5) is 33.2. The number of carbonyl (C=O) groups excluding carboxylic acids is 2. The molecule has 0 aromatic rings. The Morgan fingerprint density at radius 2 is 1.10 bits per heavy atom. The van der Waals surface area contributed by atoms with E-state index in [0.717, 1.165) is 19.3 Å². The molecule has 0 aliphatic carbocycles. The Bertz CT molecular complexity index is 433. The van der Waals surface area contributed by atoms with Gasteiger partial charge in [-0.25, -0.2) is 0 Å². The predicted molar refractivity (Wildman–Crippen MR) is 109 cm³/mol. The Labute approximate surface area is 173 Å². The van der Waals surface area contributed by atoms with Gasteiger partial charge < -0.3 is 30.0 Å². The molecule has 0 aromatic carbocycles. The molecule has 0 bridgehead atoms. The molecule has 0 saturated heterocycles. The van der Waals surface area contributed by atoms with Gasteiger partial charge in [-0.2, -0.15) is 0 Å². The number of ether oxygens (including phenoxy) is 3. The summed E-state index contributed by atoms with van der Waals surface area (Å²) >= 11 is 0. The Morgan fingerprint density at radius 3 is 1.55 bits per heavy atom. The molecule has 2 amide bonds. The summed E-state index contributed by atoms with van der Waals surface area (Å²) in [5.41, 5.74) is 0. The van der Waals surface area contributed by atoms with Crippen molar-refractivity contribution < 1.29 is 33.7 Å². The maximum Gasteiger partial charge on any atom is 0.303 e. The number of carboxylic acids is 1. The minimum Gasteiger partial charge on any atom is -0.481 e. The second kappa shape index (κ2) is 21.0. The molecule has 0 aliphatic rings. The molecular formula is C20H38N2O7. The molecule has 0 rings (SSSR count). The molecule has 0 atom stereocenters. The molecule has 0 heterocycles. The first-order chi connectivity index (χ1) is 14.1. The summed E-state index contributed by atoms with van der Waals surface area (Å²) in [6.07, 6.45) is 4.63. The van der Waals surface area contributed by atoms with Gasteiger partial charge >= 0.3 is 5.97 Å². The molecule has 0 spiro atoms. The topological polar surface area (TPSA) is 123 Å². The first-order valence-electron chi connectivity index (χ1n) is 10.5. The number of amides is 2. The van der Waals surface area contributed by atoms with Crippen molar-refractivity contribution in [1.82, 2.24) is 10.6 Å². The lowest BCUT2D eigenvalue weighted by Crippen LogP contribution is -2.25. The number of carbonyl (C=O) groups is 3. The molecular weight excluding hydrogens is 380 g/mol. The van der Waals surface area contributed by atoms with E-state index in [1.807, 2.05) is 0 Å². The molecule has 0 saturated carbocycles. The van der Waals surface area contributed by atoms with Crippen LogP contribution in [0, 0.1) is 0 Å². The fourth-order valence-electron chi connectivity index (χ4n) is 2.26. The van der Waals surface area contributed by atoms with E-state index in [9.17, 15) is 14.4 Å². The fourth-order valence-corrected chi connectivity index (χ4v) is 2.26. The molecule has 3 N–H and O–H groups in total. The summed E-state index contributed by atoms with van der Waals surface area (Å²) in [7, 11) is 0. The van der Waals surface area contributed by atoms with Crippen LogP contribution in [0.4, 0.5) is 0 Å². The molecule has 0 aliphatic heterocycles. The lowest BCUT2D eigenvalue weighted by Gasteiger charge is -2.08. The van der Waals surface area contributed by atoms with Crippen LogP contribution in [0.15, 0.2) is 0 Å². The van der Waals surface area contributed by atoms with Gasteiger partial charge in [-0.3, -0.25) is 14.4 Å². The van der Waals surface area contributed by atoms with Crippen LogP contribution in [0.3, 0.4) is 0 Å². The fraction of sp³-hybridized carbons (Fsp3) is 0.850. The van der Waals surface area contributed by atoms with Gasteiger partial charge in [-0.1, -0.05) is 13.3 Å². The third-order valence-electron chi connectivity index (χ3n) is 3.87. The molecule has 0 aromatic heterocycles. The minimum absolute atomic E-state index is 0.0128. The van der Waals surface area contributed by atoms with Crippen molar-refractivity contribution in [2.45, 2.75) is 58.3 Å². The monoisotopic (exact) mass is 418 g/mol. The van der Waals surface area contributed by atoms with Crippen molar-refractivity contribution in [2.75, 3.05) is 52.7 Å². The van der Waals surface area contributed by atoms with Crippen molar-refractivity contribution in [3.8, 4) is 0 Å². The molecule has 9 heteroatoms. The van der Waals surface area contributed by atoms with Gasteiger partial charge in [0, 0.05) is 45.6 Å². The largest absolute Gasteiger partial charge is 0.481 e. The average molecular weight is 419 g/mol. The van der Waals surface area contributed by atoms with E-state index in [1.54, 1.807) is 0 Å². The van der Waals surface area contributed by atoms with Crippen molar-refractivity contribution in [3.63, 3.8) is 0 Å². The Morgan fingerprint density at radius 1 is 0.655 bits per heavy atom. The van der Waals surface area contributed by atoms with Crippen LogP contribution >= 0.6 is 0 Å². The van der Waals surface area contributed by atoms with Gasteiger partial charge in [0.15, 0.2) is 0 Å². The van der Waals surface area contributed by atoms with E-state index in [0.29, 0.717) is 72.0 Å². The van der Waals surface area contributed by atoms with Crippen molar-refractivity contribution in [2.24, 2.45) is 0 Å². The van der Waals surface area contributed by atoms with Gasteiger partial charge in [0.25, 0.3) is 0 Å². The van der Waals surface area contributed by atoms with Crippen LogP contribution in [-0.4, -0.2) is 75.6 Å². The van der Waals surface area contributed by atoms with E-state index >= 15 is 0 Å². The van der Waals surface area contributed by atoms with E-state index in [4.69, 9.17) is 19.3 Å². The lowest BCUT2D eigenvalue weighted by molar-refractivity contribution is -0.137. The summed E-state index contributed by atoms with van der Waals surface area (Å²) in [5, 5.41) is 14.1. The van der Waals surface area contributed by atoms with E-state index in [1.165, 1.54) is 0 Å². The van der Waals surface area contributed by atoms with Crippen LogP contribution in [0.2, 0.25) is 0 Å². The van der Waals surface area contributed by atoms with Gasteiger partial charge in [0.2, 0.25) is 11.8 Å². The summed E-state index contributed by atoms with van der Waals surface area (Å²) in [6.45, 7) is 6.31. The molecule has 0 fully saturated rings. The van der Waals surface area contributed by atoms with E-state index in [2.05, 4.69) is 17.6 Å². The number of rotatable bonds is 21. The van der Waals surface area contributed by atoms with Crippen molar-refractivity contribution in [3.05, 3.63) is 0 Å². The second-order valence-electron chi connectivity index (χ2n) is 6.59. The number of unbranched alkanes of at least 4 members (excludes halogenated alkanes) is 1. The molecule has 0 unspecified atom stereocenters. The Hall–Kier alpha value is -1.71. The highest BCUT2D eigenvalue weighted by atomic mass is 16.5. The van der Waals surface area contributed by atoms with Crippen LogP contribution in [0.1, 0.15) is 58.3 Å². The zero-order chi connectivity index (χ0) is 21.6. The number of hydrogen-bond donors (Lipinski definition) is 3. The highest BCUT2D eigenvalue weighted by molar-refractivity contribution is 5.76. The molecule has 170 valence electrons. The van der Waals surface area contributed by atoms with Gasteiger partial charge in [-0.15, -0.1) is 0 Å². The number of hydrogen-bond acceptors (Lipinski definition) is 6. The minimum atomic E-state index is -0.886. The number of carboxylic acid groups (broad SMARTS) is 1.